The van der Waals surface area contributed by atoms with E-state index in [2.05, 4.69) is 33.5 Å². The molecule has 2 aromatic rings. The number of amides is 3. The van der Waals surface area contributed by atoms with E-state index in [0.29, 0.717) is 43.0 Å². The summed E-state index contributed by atoms with van der Waals surface area (Å²) in [4.78, 5) is 61.1. The number of allylic oxidation sites excluding steroid dienone is 1. The number of esters is 1. The monoisotopic (exact) mass is 768 g/mol. The molecule has 276 valence electrons. The van der Waals surface area contributed by atoms with Crippen LogP contribution in [0.4, 0.5) is 4.79 Å². The molecule has 6 rings (SSSR count). The molecule has 1 aromatic heterocycles. The quantitative estimate of drug-likeness (QED) is 0.247. The molecule has 2 aliphatic carbocycles. The first-order valence-electron chi connectivity index (χ1n) is 18.4. The lowest BCUT2D eigenvalue weighted by Crippen LogP contribution is -2.56. The number of rotatable bonds is 8. The lowest BCUT2D eigenvalue weighted by molar-refractivity contribution is -0.148. The van der Waals surface area contributed by atoms with E-state index in [4.69, 9.17) is 23.9 Å². The molecule has 2 aliphatic heterocycles. The summed E-state index contributed by atoms with van der Waals surface area (Å²) < 4.78 is 24.1. The molecule has 51 heavy (non-hydrogen) atoms. The standard InChI is InChI=1S/C38H49BrN4O8/c1-4-23-17-18-27-30(20-31(49-5-2)41-33(27)32(23)39)50-26-19-29-34(44)42-38(36(46)48-3)21-24(38)13-9-7-6-8-10-16-28(35(45)43(29)22-26)40-37(47)51-25-14-11-12-15-25/h9,13,17-18,20,24-26,28-29H,4-8,10-12,14-16,19,21-22H2,1-3H3,(H,40,47)(H,42,44)/b13-9-/t24?,26-,28+,29+,38-/m1/s1. The van der Waals surface area contributed by atoms with Gasteiger partial charge in [-0.15, -0.1) is 0 Å². The van der Waals surface area contributed by atoms with Gasteiger partial charge < -0.3 is 34.5 Å². The van der Waals surface area contributed by atoms with Gasteiger partial charge in [-0.1, -0.05) is 38.0 Å². The van der Waals surface area contributed by atoms with Crippen molar-refractivity contribution >= 4 is 50.7 Å². The van der Waals surface area contributed by atoms with Crippen LogP contribution in [0.1, 0.15) is 90.0 Å². The van der Waals surface area contributed by atoms with Crippen LogP contribution in [0.3, 0.4) is 0 Å². The first-order valence-corrected chi connectivity index (χ1v) is 19.2. The van der Waals surface area contributed by atoms with Crippen molar-refractivity contribution < 1.29 is 38.1 Å². The van der Waals surface area contributed by atoms with Crippen LogP contribution < -0.4 is 20.1 Å². The van der Waals surface area contributed by atoms with E-state index >= 15 is 0 Å². The molecule has 0 spiro atoms. The van der Waals surface area contributed by atoms with Crippen LogP contribution >= 0.6 is 15.9 Å². The zero-order chi connectivity index (χ0) is 36.1. The Morgan fingerprint density at radius 2 is 1.86 bits per heavy atom. The van der Waals surface area contributed by atoms with Crippen molar-refractivity contribution in [3.05, 3.63) is 40.4 Å². The Balaban J connectivity index is 1.32. The van der Waals surface area contributed by atoms with Crippen LogP contribution in [-0.4, -0.2) is 83.9 Å². The summed E-state index contributed by atoms with van der Waals surface area (Å²) in [5, 5.41) is 6.59. The SMILES string of the molecule is CCOc1cc(O[C@@H]2C[C@H]3C(=O)N[C@]4(C(=O)OC)CC4/C=C\CCCCC[C@H](NC(=O)OC4CCCC4)C(=O)N3C2)c2ccc(CC)c(Br)c2n1. The summed E-state index contributed by atoms with van der Waals surface area (Å²) in [7, 11) is 1.31. The minimum Gasteiger partial charge on any atom is -0.488 e. The Bertz CT molecular complexity index is 1660. The summed E-state index contributed by atoms with van der Waals surface area (Å²) in [5.74, 6) is -0.668. The number of fused-ring (bicyclic) bond motifs is 3. The molecule has 1 aromatic carbocycles. The zero-order valence-electron chi connectivity index (χ0n) is 29.7. The van der Waals surface area contributed by atoms with Crippen LogP contribution in [-0.2, 0) is 30.3 Å². The van der Waals surface area contributed by atoms with Crippen LogP contribution in [0.15, 0.2) is 34.8 Å². The highest BCUT2D eigenvalue weighted by atomic mass is 79.9. The molecule has 2 N–H and O–H groups in total. The molecule has 12 nitrogen and oxygen atoms in total. The van der Waals surface area contributed by atoms with Gasteiger partial charge in [0.05, 0.1) is 25.8 Å². The van der Waals surface area contributed by atoms with Gasteiger partial charge in [-0.3, -0.25) is 9.59 Å². The van der Waals surface area contributed by atoms with Gasteiger partial charge in [0.25, 0.3) is 0 Å². The summed E-state index contributed by atoms with van der Waals surface area (Å²) in [6.07, 6.45) is 11.3. The Hall–Kier alpha value is -3.87. The Kier molecular flexibility index (Phi) is 11.7. The number of pyridine rings is 1. The number of alkyl carbamates (subject to hydrolysis) is 1. The summed E-state index contributed by atoms with van der Waals surface area (Å²) in [6, 6.07) is 3.85. The summed E-state index contributed by atoms with van der Waals surface area (Å²) in [6.45, 7) is 4.44. The van der Waals surface area contributed by atoms with Crippen molar-refractivity contribution in [3.63, 3.8) is 0 Å². The Labute approximate surface area is 307 Å². The zero-order valence-corrected chi connectivity index (χ0v) is 31.3. The predicted molar refractivity (Wildman–Crippen MR) is 193 cm³/mol. The number of aryl methyl sites for hydroxylation is 1. The van der Waals surface area contributed by atoms with Crippen molar-refractivity contribution in [2.45, 2.75) is 121 Å². The maximum Gasteiger partial charge on any atom is 0.408 e. The number of halogens is 1. The molecule has 3 heterocycles. The van der Waals surface area contributed by atoms with Crippen LogP contribution in [0, 0.1) is 5.92 Å². The van der Waals surface area contributed by atoms with E-state index in [1.54, 1.807) is 6.07 Å². The average Bonchev–Trinajstić information content (AvgIpc) is 3.39. The fourth-order valence-electron chi connectivity index (χ4n) is 7.67. The minimum absolute atomic E-state index is 0.0866. The number of aromatic nitrogens is 1. The van der Waals surface area contributed by atoms with Gasteiger partial charge in [0.15, 0.2) is 0 Å². The molecule has 3 amide bonds. The number of nitrogens with one attached hydrogen (secondary N) is 2. The molecular formula is C38H49BrN4O8. The van der Waals surface area contributed by atoms with Gasteiger partial charge in [0.2, 0.25) is 17.7 Å². The van der Waals surface area contributed by atoms with Crippen molar-refractivity contribution in [2.75, 3.05) is 20.3 Å². The lowest BCUT2D eigenvalue weighted by Gasteiger charge is -2.29. The minimum atomic E-state index is -1.20. The van der Waals surface area contributed by atoms with E-state index < -0.39 is 41.7 Å². The highest BCUT2D eigenvalue weighted by molar-refractivity contribution is 9.10. The number of benzene rings is 1. The second-order valence-electron chi connectivity index (χ2n) is 14.0. The Morgan fingerprint density at radius 1 is 1.08 bits per heavy atom. The number of hydrogen-bond donors (Lipinski definition) is 2. The van der Waals surface area contributed by atoms with E-state index in [1.165, 1.54) is 12.0 Å². The van der Waals surface area contributed by atoms with Gasteiger partial charge in [-0.2, -0.15) is 0 Å². The van der Waals surface area contributed by atoms with Crippen molar-refractivity contribution in [1.29, 1.82) is 0 Å². The second-order valence-corrected chi connectivity index (χ2v) is 14.8. The third-order valence-corrected chi connectivity index (χ3v) is 11.4. The molecule has 1 unspecified atom stereocenters. The normalized spacial score (nSPS) is 27.7. The van der Waals surface area contributed by atoms with Gasteiger partial charge in [0.1, 0.15) is 35.6 Å². The van der Waals surface area contributed by atoms with Gasteiger partial charge >= 0.3 is 12.1 Å². The van der Waals surface area contributed by atoms with Gasteiger partial charge in [-0.25, -0.2) is 14.6 Å². The summed E-state index contributed by atoms with van der Waals surface area (Å²) >= 11 is 3.72. The average molecular weight is 770 g/mol. The number of hydrogen-bond acceptors (Lipinski definition) is 9. The van der Waals surface area contributed by atoms with Crippen molar-refractivity contribution in [1.82, 2.24) is 20.5 Å². The topological polar surface area (TPSA) is 145 Å². The van der Waals surface area contributed by atoms with Crippen LogP contribution in [0.25, 0.3) is 10.9 Å². The summed E-state index contributed by atoms with van der Waals surface area (Å²) in [5.41, 5.74) is 0.576. The fourth-order valence-corrected chi connectivity index (χ4v) is 8.38. The second kappa shape index (κ2) is 16.2. The molecule has 1 saturated heterocycles. The largest absolute Gasteiger partial charge is 0.488 e. The number of methoxy groups -OCH3 is 1. The third kappa shape index (κ3) is 8.13. The Morgan fingerprint density at radius 3 is 2.61 bits per heavy atom. The number of nitrogens with zero attached hydrogens (tertiary/aromatic N) is 2. The molecule has 0 bridgehead atoms. The highest BCUT2D eigenvalue weighted by Crippen LogP contribution is 2.46. The van der Waals surface area contributed by atoms with Crippen LogP contribution in [0.2, 0.25) is 0 Å². The third-order valence-electron chi connectivity index (χ3n) is 10.6. The van der Waals surface area contributed by atoms with Crippen molar-refractivity contribution in [3.8, 4) is 11.6 Å². The highest BCUT2D eigenvalue weighted by Gasteiger charge is 2.62. The van der Waals surface area contributed by atoms with Gasteiger partial charge in [0, 0.05) is 28.3 Å². The van der Waals surface area contributed by atoms with E-state index in [1.807, 2.05) is 31.2 Å². The number of carbonyl (C=O) groups is 4. The molecule has 5 atom stereocenters. The molecule has 13 heteroatoms. The molecule has 0 radical (unpaired) electrons. The first kappa shape index (κ1) is 36.9. The molecular weight excluding hydrogens is 720 g/mol. The molecule has 4 aliphatic rings. The fraction of sp³-hybridized carbons (Fsp3) is 0.605. The number of ether oxygens (including phenoxy) is 4. The maximum absolute atomic E-state index is 14.5. The smallest absolute Gasteiger partial charge is 0.408 e. The van der Waals surface area contributed by atoms with E-state index in [9.17, 15) is 19.2 Å². The lowest BCUT2D eigenvalue weighted by atomic mass is 10.0. The van der Waals surface area contributed by atoms with Crippen molar-refractivity contribution in [2.24, 2.45) is 5.92 Å². The first-order chi connectivity index (χ1) is 24.7. The van der Waals surface area contributed by atoms with Gasteiger partial charge in [-0.05, 0) is 92.3 Å². The van der Waals surface area contributed by atoms with E-state index in [-0.39, 0.29) is 30.9 Å². The van der Waals surface area contributed by atoms with E-state index in [0.717, 1.165) is 66.8 Å². The maximum atomic E-state index is 14.5. The molecule has 3 fully saturated rings. The van der Waals surface area contributed by atoms with Crippen LogP contribution in [0.5, 0.6) is 11.6 Å². The predicted octanol–water partition coefficient (Wildman–Crippen LogP) is 5.91. The number of carbonyl (C=O) groups excluding carboxylic acids is 4. The molecule has 2 saturated carbocycles.